The Morgan fingerprint density at radius 2 is 1.59 bits per heavy atom. The van der Waals surface area contributed by atoms with E-state index in [9.17, 15) is 4.79 Å². The quantitative estimate of drug-likeness (QED) is 0.611. The Balaban J connectivity index is 1.73. The predicted molar refractivity (Wildman–Crippen MR) is 96.9 cm³/mol. The smallest absolute Gasteiger partial charge is 0.411 e. The highest BCUT2D eigenvalue weighted by molar-refractivity contribution is 14.1. The average Bonchev–Trinajstić information content (AvgIpc) is 2.57. The van der Waals surface area contributed by atoms with Crippen LogP contribution in [0.15, 0.2) is 66.7 Å². The van der Waals surface area contributed by atoms with Crippen molar-refractivity contribution < 1.29 is 9.53 Å². The molecule has 3 aromatic rings. The molecule has 0 atom stereocenters. The van der Waals surface area contributed by atoms with Crippen molar-refractivity contribution in [2.75, 3.05) is 5.32 Å². The van der Waals surface area contributed by atoms with Gasteiger partial charge in [0.1, 0.15) is 6.61 Å². The molecule has 0 unspecified atom stereocenters. The van der Waals surface area contributed by atoms with Crippen LogP contribution < -0.4 is 5.32 Å². The van der Waals surface area contributed by atoms with Crippen molar-refractivity contribution in [2.24, 2.45) is 0 Å². The lowest BCUT2D eigenvalue weighted by atomic mass is 10.1. The molecule has 3 aromatic carbocycles. The molecule has 0 aliphatic carbocycles. The Morgan fingerprint density at radius 1 is 0.909 bits per heavy atom. The molecule has 0 radical (unpaired) electrons. The molecule has 1 amide bonds. The summed E-state index contributed by atoms with van der Waals surface area (Å²) in [5.74, 6) is 0. The minimum Gasteiger partial charge on any atom is -0.444 e. The van der Waals surface area contributed by atoms with Crippen molar-refractivity contribution in [3.63, 3.8) is 0 Å². The monoisotopic (exact) mass is 403 g/mol. The Morgan fingerprint density at radius 3 is 2.36 bits per heavy atom. The summed E-state index contributed by atoms with van der Waals surface area (Å²) in [7, 11) is 0. The highest BCUT2D eigenvalue weighted by atomic mass is 127. The molecule has 1 N–H and O–H groups in total. The molecule has 0 bridgehead atoms. The van der Waals surface area contributed by atoms with E-state index >= 15 is 0 Å². The lowest BCUT2D eigenvalue weighted by Gasteiger charge is -2.10. The van der Waals surface area contributed by atoms with E-state index in [1.807, 2.05) is 66.7 Å². The summed E-state index contributed by atoms with van der Waals surface area (Å²) in [6.07, 6.45) is -0.449. The molecule has 0 heterocycles. The van der Waals surface area contributed by atoms with E-state index in [1.165, 1.54) is 0 Å². The van der Waals surface area contributed by atoms with Gasteiger partial charge < -0.3 is 4.74 Å². The molecule has 0 spiro atoms. The second-order valence-electron chi connectivity index (χ2n) is 4.83. The van der Waals surface area contributed by atoms with Crippen LogP contribution in [0.3, 0.4) is 0 Å². The SMILES string of the molecule is O=C(Nc1ccc(I)c2ccccc12)OCc1ccccc1. The number of anilines is 1. The van der Waals surface area contributed by atoms with Gasteiger partial charge in [0, 0.05) is 8.96 Å². The van der Waals surface area contributed by atoms with Crippen molar-refractivity contribution in [3.8, 4) is 0 Å². The van der Waals surface area contributed by atoms with Gasteiger partial charge in [-0.05, 0) is 45.7 Å². The number of nitrogens with one attached hydrogen (secondary N) is 1. The van der Waals surface area contributed by atoms with Crippen LogP contribution in [0.2, 0.25) is 0 Å². The van der Waals surface area contributed by atoms with E-state index in [2.05, 4.69) is 27.9 Å². The van der Waals surface area contributed by atoms with E-state index in [0.29, 0.717) is 0 Å². The summed E-state index contributed by atoms with van der Waals surface area (Å²) >= 11 is 2.29. The molecule has 0 saturated heterocycles. The number of benzene rings is 3. The van der Waals surface area contributed by atoms with Gasteiger partial charge in [0.2, 0.25) is 0 Å². The van der Waals surface area contributed by atoms with Crippen LogP contribution in [0.5, 0.6) is 0 Å². The Kier molecular flexibility index (Phi) is 4.58. The normalized spacial score (nSPS) is 10.4. The van der Waals surface area contributed by atoms with Crippen LogP contribution in [0.4, 0.5) is 10.5 Å². The van der Waals surface area contributed by atoms with Gasteiger partial charge in [0.15, 0.2) is 0 Å². The van der Waals surface area contributed by atoms with Gasteiger partial charge in [0.25, 0.3) is 0 Å². The first-order valence-corrected chi connectivity index (χ1v) is 7.97. The molecule has 110 valence electrons. The number of hydrogen-bond acceptors (Lipinski definition) is 2. The van der Waals surface area contributed by atoms with Crippen LogP contribution in [0, 0.1) is 3.57 Å². The van der Waals surface area contributed by atoms with Gasteiger partial charge in [-0.25, -0.2) is 4.79 Å². The lowest BCUT2D eigenvalue weighted by Crippen LogP contribution is -2.13. The molecular formula is C18H14INO2. The Labute approximate surface area is 142 Å². The lowest BCUT2D eigenvalue weighted by molar-refractivity contribution is 0.155. The largest absolute Gasteiger partial charge is 0.444 e. The third-order valence-electron chi connectivity index (χ3n) is 3.32. The Bertz CT molecular complexity index is 803. The summed E-state index contributed by atoms with van der Waals surface area (Å²) in [5.41, 5.74) is 1.72. The molecule has 0 aliphatic heterocycles. The fourth-order valence-corrected chi connectivity index (χ4v) is 2.89. The van der Waals surface area contributed by atoms with E-state index < -0.39 is 6.09 Å². The standard InChI is InChI=1S/C18H14INO2/c19-16-10-11-17(15-9-5-4-8-14(15)16)20-18(21)22-12-13-6-2-1-3-7-13/h1-11H,12H2,(H,20,21). The topological polar surface area (TPSA) is 38.3 Å². The number of hydrogen-bond donors (Lipinski definition) is 1. The second kappa shape index (κ2) is 6.79. The molecule has 0 aromatic heterocycles. The first-order valence-electron chi connectivity index (χ1n) is 6.89. The number of fused-ring (bicyclic) bond motifs is 1. The zero-order valence-corrected chi connectivity index (χ0v) is 13.9. The molecule has 22 heavy (non-hydrogen) atoms. The number of carbonyl (C=O) groups excluding carboxylic acids is 1. The highest BCUT2D eigenvalue weighted by Crippen LogP contribution is 2.27. The van der Waals surface area contributed by atoms with Crippen LogP contribution in [-0.2, 0) is 11.3 Å². The fourth-order valence-electron chi connectivity index (χ4n) is 2.24. The Hall–Kier alpha value is -2.08. The maximum Gasteiger partial charge on any atom is 0.411 e. The summed E-state index contributed by atoms with van der Waals surface area (Å²) in [5, 5.41) is 4.94. The maximum atomic E-state index is 12.0. The zero-order chi connectivity index (χ0) is 15.4. The van der Waals surface area contributed by atoms with Gasteiger partial charge in [-0.2, -0.15) is 0 Å². The minimum absolute atomic E-state index is 0.259. The van der Waals surface area contributed by atoms with Crippen molar-refractivity contribution in [1.29, 1.82) is 0 Å². The van der Waals surface area contributed by atoms with Gasteiger partial charge in [-0.3, -0.25) is 5.32 Å². The first-order chi connectivity index (χ1) is 10.7. The molecule has 4 heteroatoms. The second-order valence-corrected chi connectivity index (χ2v) is 5.99. The highest BCUT2D eigenvalue weighted by Gasteiger charge is 2.08. The molecule has 0 saturated carbocycles. The zero-order valence-electron chi connectivity index (χ0n) is 11.8. The summed E-state index contributed by atoms with van der Waals surface area (Å²) in [6.45, 7) is 0.259. The first kappa shape index (κ1) is 14.8. The molecular weight excluding hydrogens is 389 g/mol. The number of ether oxygens (including phenoxy) is 1. The van der Waals surface area contributed by atoms with E-state index in [0.717, 1.165) is 25.6 Å². The minimum atomic E-state index is -0.449. The molecule has 3 rings (SSSR count). The van der Waals surface area contributed by atoms with E-state index in [1.54, 1.807) is 0 Å². The van der Waals surface area contributed by atoms with Crippen LogP contribution in [0.25, 0.3) is 10.8 Å². The van der Waals surface area contributed by atoms with Gasteiger partial charge in [-0.1, -0.05) is 54.6 Å². The predicted octanol–water partition coefficient (Wildman–Crippen LogP) is 5.19. The summed E-state index contributed by atoms with van der Waals surface area (Å²) in [4.78, 5) is 12.0. The number of amides is 1. The van der Waals surface area contributed by atoms with E-state index in [-0.39, 0.29) is 6.61 Å². The van der Waals surface area contributed by atoms with Crippen LogP contribution in [-0.4, -0.2) is 6.09 Å². The fraction of sp³-hybridized carbons (Fsp3) is 0.0556. The number of halogens is 1. The molecule has 0 fully saturated rings. The van der Waals surface area contributed by atoms with Gasteiger partial charge in [-0.15, -0.1) is 0 Å². The van der Waals surface area contributed by atoms with Crippen molar-refractivity contribution in [3.05, 3.63) is 75.9 Å². The van der Waals surface area contributed by atoms with Crippen LogP contribution in [0.1, 0.15) is 5.56 Å². The van der Waals surface area contributed by atoms with Crippen molar-refractivity contribution >= 4 is 45.1 Å². The van der Waals surface area contributed by atoms with E-state index in [4.69, 9.17) is 4.74 Å². The van der Waals surface area contributed by atoms with Crippen molar-refractivity contribution in [2.45, 2.75) is 6.61 Å². The molecule has 3 nitrogen and oxygen atoms in total. The van der Waals surface area contributed by atoms with Gasteiger partial charge in [0.05, 0.1) is 5.69 Å². The van der Waals surface area contributed by atoms with Gasteiger partial charge >= 0.3 is 6.09 Å². The van der Waals surface area contributed by atoms with Crippen LogP contribution >= 0.6 is 22.6 Å². The van der Waals surface area contributed by atoms with Crippen molar-refractivity contribution in [1.82, 2.24) is 0 Å². The maximum absolute atomic E-state index is 12.0. The summed E-state index contributed by atoms with van der Waals surface area (Å²) < 4.78 is 6.41. The molecule has 0 aliphatic rings. The number of rotatable bonds is 3. The third kappa shape index (κ3) is 3.39. The number of carbonyl (C=O) groups is 1. The third-order valence-corrected chi connectivity index (χ3v) is 4.26. The summed E-state index contributed by atoms with van der Waals surface area (Å²) in [6, 6.07) is 21.5. The average molecular weight is 403 g/mol.